The summed E-state index contributed by atoms with van der Waals surface area (Å²) < 4.78 is 6.08. The fourth-order valence-corrected chi connectivity index (χ4v) is 3.23. The number of aryl methyl sites for hydroxylation is 1. The highest BCUT2D eigenvalue weighted by Crippen LogP contribution is 2.27. The zero-order chi connectivity index (χ0) is 15.2. The molecule has 4 heteroatoms. The molecule has 0 aliphatic heterocycles. The summed E-state index contributed by atoms with van der Waals surface area (Å²) in [6, 6.07) is 9.98. The van der Waals surface area contributed by atoms with Crippen molar-refractivity contribution in [1.82, 2.24) is 5.32 Å². The van der Waals surface area contributed by atoms with Crippen LogP contribution >= 0.6 is 22.9 Å². The number of hydrogen-bond acceptors (Lipinski definition) is 3. The minimum Gasteiger partial charge on any atom is -0.489 e. The Morgan fingerprint density at radius 2 is 2.14 bits per heavy atom. The van der Waals surface area contributed by atoms with E-state index in [0.717, 1.165) is 18.7 Å². The first-order valence-corrected chi connectivity index (χ1v) is 8.56. The van der Waals surface area contributed by atoms with Gasteiger partial charge in [-0.2, -0.15) is 0 Å². The first-order valence-electron chi connectivity index (χ1n) is 7.30. The van der Waals surface area contributed by atoms with Gasteiger partial charge in [0.15, 0.2) is 0 Å². The first kappa shape index (κ1) is 16.3. The van der Waals surface area contributed by atoms with Crippen LogP contribution in [0.25, 0.3) is 0 Å². The first-order chi connectivity index (χ1) is 10.1. The molecule has 2 aromatic rings. The van der Waals surface area contributed by atoms with E-state index in [9.17, 15) is 0 Å². The maximum absolute atomic E-state index is 6.08. The van der Waals surface area contributed by atoms with Crippen LogP contribution in [0.15, 0.2) is 35.7 Å². The Labute approximate surface area is 136 Å². The third kappa shape index (κ3) is 4.73. The topological polar surface area (TPSA) is 21.3 Å². The standard InChI is InChI=1S/C17H22ClNOS/c1-4-8-19-17(14-9-12(2)21-11-14)13(3)20-16-7-5-6-15(18)10-16/h5-7,9-11,13,17,19H,4,8H2,1-3H3. The molecule has 0 aliphatic rings. The summed E-state index contributed by atoms with van der Waals surface area (Å²) in [5.41, 5.74) is 1.29. The normalized spacial score (nSPS) is 13.9. The van der Waals surface area contributed by atoms with Gasteiger partial charge in [0, 0.05) is 9.90 Å². The van der Waals surface area contributed by atoms with Crippen molar-refractivity contribution >= 4 is 22.9 Å². The summed E-state index contributed by atoms with van der Waals surface area (Å²) in [6.45, 7) is 7.38. The molecule has 1 aromatic carbocycles. The van der Waals surface area contributed by atoms with Gasteiger partial charge in [0.25, 0.3) is 0 Å². The molecule has 0 saturated heterocycles. The Balaban J connectivity index is 2.12. The largest absolute Gasteiger partial charge is 0.489 e. The summed E-state index contributed by atoms with van der Waals surface area (Å²) in [6.07, 6.45) is 1.13. The molecule has 0 fully saturated rings. The summed E-state index contributed by atoms with van der Waals surface area (Å²) >= 11 is 7.79. The maximum atomic E-state index is 6.08. The van der Waals surface area contributed by atoms with Crippen LogP contribution in [0.2, 0.25) is 5.02 Å². The van der Waals surface area contributed by atoms with Gasteiger partial charge in [-0.25, -0.2) is 0 Å². The third-order valence-corrected chi connectivity index (χ3v) is 4.43. The number of benzene rings is 1. The molecule has 0 saturated carbocycles. The average Bonchev–Trinajstić information content (AvgIpc) is 2.85. The van der Waals surface area contributed by atoms with E-state index >= 15 is 0 Å². The summed E-state index contributed by atoms with van der Waals surface area (Å²) in [5, 5.41) is 6.49. The molecular formula is C17H22ClNOS. The Kier molecular flexibility index (Phi) is 6.09. The molecule has 0 aliphatic carbocycles. The van der Waals surface area contributed by atoms with E-state index in [2.05, 4.69) is 37.5 Å². The molecular weight excluding hydrogens is 302 g/mol. The number of thiophene rings is 1. The molecule has 21 heavy (non-hydrogen) atoms. The Hall–Kier alpha value is -1.03. The summed E-state index contributed by atoms with van der Waals surface area (Å²) in [5.74, 6) is 0.810. The van der Waals surface area contributed by atoms with Crippen LogP contribution in [-0.4, -0.2) is 12.6 Å². The molecule has 0 spiro atoms. The van der Waals surface area contributed by atoms with Gasteiger partial charge in [0.1, 0.15) is 11.9 Å². The van der Waals surface area contributed by atoms with Gasteiger partial charge in [-0.1, -0.05) is 24.6 Å². The lowest BCUT2D eigenvalue weighted by Gasteiger charge is -2.25. The fourth-order valence-electron chi connectivity index (χ4n) is 2.30. The lowest BCUT2D eigenvalue weighted by molar-refractivity contribution is 0.171. The quantitative estimate of drug-likeness (QED) is 0.754. The second-order valence-corrected chi connectivity index (χ2v) is 6.75. The van der Waals surface area contributed by atoms with Crippen LogP contribution < -0.4 is 10.1 Å². The van der Waals surface area contributed by atoms with Gasteiger partial charge in [-0.15, -0.1) is 11.3 Å². The molecule has 2 rings (SSSR count). The third-order valence-electron chi connectivity index (χ3n) is 3.31. The van der Waals surface area contributed by atoms with E-state index in [1.165, 1.54) is 10.4 Å². The maximum Gasteiger partial charge on any atom is 0.121 e. The van der Waals surface area contributed by atoms with Crippen molar-refractivity contribution < 1.29 is 4.74 Å². The average molecular weight is 324 g/mol. The van der Waals surface area contributed by atoms with E-state index in [1.807, 2.05) is 24.3 Å². The van der Waals surface area contributed by atoms with Gasteiger partial charge in [0.2, 0.25) is 0 Å². The number of hydrogen-bond donors (Lipinski definition) is 1. The lowest BCUT2D eigenvalue weighted by Crippen LogP contribution is -2.34. The smallest absolute Gasteiger partial charge is 0.121 e. The van der Waals surface area contributed by atoms with Crippen LogP contribution in [0.5, 0.6) is 5.75 Å². The SMILES string of the molecule is CCCNC(c1csc(C)c1)C(C)Oc1cccc(Cl)c1. The fraction of sp³-hybridized carbons (Fsp3) is 0.412. The highest BCUT2D eigenvalue weighted by Gasteiger charge is 2.21. The Bertz CT molecular complexity index is 569. The molecule has 2 atom stereocenters. The van der Waals surface area contributed by atoms with E-state index in [-0.39, 0.29) is 12.1 Å². The number of nitrogens with one attached hydrogen (secondary N) is 1. The number of halogens is 1. The van der Waals surface area contributed by atoms with Crippen molar-refractivity contribution in [3.05, 3.63) is 51.2 Å². The number of ether oxygens (including phenoxy) is 1. The van der Waals surface area contributed by atoms with Crippen molar-refractivity contribution in [2.24, 2.45) is 0 Å². The van der Waals surface area contributed by atoms with Crippen LogP contribution in [0.3, 0.4) is 0 Å². The zero-order valence-corrected chi connectivity index (χ0v) is 14.3. The molecule has 1 N–H and O–H groups in total. The van der Waals surface area contributed by atoms with Crippen molar-refractivity contribution in [3.63, 3.8) is 0 Å². The predicted octanol–water partition coefficient (Wildman–Crippen LogP) is 5.22. The van der Waals surface area contributed by atoms with Crippen molar-refractivity contribution in [1.29, 1.82) is 0 Å². The van der Waals surface area contributed by atoms with Crippen molar-refractivity contribution in [3.8, 4) is 5.75 Å². The van der Waals surface area contributed by atoms with Gasteiger partial charge in [-0.3, -0.25) is 0 Å². The van der Waals surface area contributed by atoms with E-state index in [4.69, 9.17) is 16.3 Å². The second kappa shape index (κ2) is 7.83. The zero-order valence-electron chi connectivity index (χ0n) is 12.7. The van der Waals surface area contributed by atoms with E-state index in [0.29, 0.717) is 5.02 Å². The number of rotatable bonds is 7. The predicted molar refractivity (Wildman–Crippen MR) is 91.6 cm³/mol. The van der Waals surface area contributed by atoms with Gasteiger partial charge >= 0.3 is 0 Å². The Morgan fingerprint density at radius 1 is 1.33 bits per heavy atom. The van der Waals surface area contributed by atoms with Crippen LogP contribution in [0, 0.1) is 6.92 Å². The molecule has 1 aromatic heterocycles. The molecule has 0 amide bonds. The van der Waals surface area contributed by atoms with Crippen LogP contribution in [0.4, 0.5) is 0 Å². The van der Waals surface area contributed by atoms with Crippen LogP contribution in [-0.2, 0) is 0 Å². The summed E-state index contributed by atoms with van der Waals surface area (Å²) in [4.78, 5) is 1.32. The summed E-state index contributed by atoms with van der Waals surface area (Å²) in [7, 11) is 0. The van der Waals surface area contributed by atoms with Crippen LogP contribution in [0.1, 0.15) is 36.8 Å². The minimum atomic E-state index is 0.0315. The molecule has 2 unspecified atom stereocenters. The van der Waals surface area contributed by atoms with E-state index in [1.54, 1.807) is 11.3 Å². The highest BCUT2D eigenvalue weighted by atomic mass is 35.5. The van der Waals surface area contributed by atoms with Gasteiger partial charge in [-0.05, 0) is 62.0 Å². The minimum absolute atomic E-state index is 0.0315. The van der Waals surface area contributed by atoms with Crippen molar-refractivity contribution in [2.75, 3.05) is 6.54 Å². The van der Waals surface area contributed by atoms with E-state index < -0.39 is 0 Å². The van der Waals surface area contributed by atoms with Crippen molar-refractivity contribution in [2.45, 2.75) is 39.3 Å². The highest BCUT2D eigenvalue weighted by molar-refractivity contribution is 7.10. The second-order valence-electron chi connectivity index (χ2n) is 5.20. The molecule has 0 bridgehead atoms. The van der Waals surface area contributed by atoms with Gasteiger partial charge < -0.3 is 10.1 Å². The monoisotopic (exact) mass is 323 g/mol. The molecule has 2 nitrogen and oxygen atoms in total. The Morgan fingerprint density at radius 3 is 2.76 bits per heavy atom. The molecule has 1 heterocycles. The molecule has 0 radical (unpaired) electrons. The lowest BCUT2D eigenvalue weighted by atomic mass is 10.0. The molecule has 114 valence electrons. The van der Waals surface area contributed by atoms with Gasteiger partial charge in [0.05, 0.1) is 6.04 Å².